The number of cyclic esters (lactones) is 1. The number of carbonyl (C=O) groups excluding carboxylic acids is 2. The van der Waals surface area contributed by atoms with Crippen molar-refractivity contribution in [3.63, 3.8) is 0 Å². The van der Waals surface area contributed by atoms with E-state index in [4.69, 9.17) is 13.6 Å². The second kappa shape index (κ2) is 7.92. The van der Waals surface area contributed by atoms with Crippen molar-refractivity contribution in [3.05, 3.63) is 47.4 Å². The van der Waals surface area contributed by atoms with Gasteiger partial charge in [0, 0.05) is 64.8 Å². The number of ether oxygens (including phenoxy) is 2. The molecule has 0 radical (unpaired) electrons. The Balaban J connectivity index is 1.32. The van der Waals surface area contributed by atoms with Crippen molar-refractivity contribution >= 4 is 17.7 Å². The second-order valence-corrected chi connectivity index (χ2v) is 9.69. The van der Waals surface area contributed by atoms with Gasteiger partial charge < -0.3 is 14.4 Å². The number of fused-ring (bicyclic) bond motifs is 1. The maximum Gasteiger partial charge on any atom is 0.414 e. The first-order valence-electron chi connectivity index (χ1n) is 12.7. The van der Waals surface area contributed by atoms with Gasteiger partial charge in [-0.3, -0.25) is 9.88 Å². The molecule has 0 atom stereocenters. The van der Waals surface area contributed by atoms with Crippen LogP contribution in [0.4, 0.5) is 10.5 Å². The fraction of sp³-hybridized carbons (Fsp3) is 0.462. The normalized spacial score (nSPS) is 25.2. The lowest BCUT2D eigenvalue weighted by atomic mass is 9.86. The van der Waals surface area contributed by atoms with E-state index in [0.717, 1.165) is 48.2 Å². The number of benzene rings is 1. The van der Waals surface area contributed by atoms with Crippen molar-refractivity contribution in [3.8, 4) is 16.9 Å². The zero-order valence-corrected chi connectivity index (χ0v) is 19.1. The predicted molar refractivity (Wildman–Crippen MR) is 125 cm³/mol. The number of likely N-dealkylation sites (tertiary alicyclic amines) is 1. The highest BCUT2D eigenvalue weighted by molar-refractivity contribution is 5.90. The molecule has 3 aliphatic rings. The Kier molecular flexibility index (Phi) is 4.36. The van der Waals surface area contributed by atoms with Gasteiger partial charge >= 0.3 is 6.09 Å². The van der Waals surface area contributed by atoms with Gasteiger partial charge in [-0.15, -0.1) is 0 Å². The van der Waals surface area contributed by atoms with Gasteiger partial charge in [-0.2, -0.15) is 0 Å². The van der Waals surface area contributed by atoms with Crippen LogP contribution in [0, 0.1) is 12.3 Å². The summed E-state index contributed by atoms with van der Waals surface area (Å²) >= 11 is 0. The van der Waals surface area contributed by atoms with Gasteiger partial charge in [-0.05, 0) is 31.0 Å². The molecule has 2 aliphatic heterocycles. The van der Waals surface area contributed by atoms with Gasteiger partial charge in [-0.1, -0.05) is 19.9 Å². The van der Waals surface area contributed by atoms with E-state index in [-0.39, 0.29) is 24.2 Å². The first-order chi connectivity index (χ1) is 17.0. The molecule has 0 unspecified atom stereocenters. The molecule has 1 aliphatic carbocycles. The third-order valence-electron chi connectivity index (χ3n) is 7.14. The van der Waals surface area contributed by atoms with E-state index >= 15 is 0 Å². The molecule has 0 N–H and O–H groups in total. The van der Waals surface area contributed by atoms with Crippen molar-refractivity contribution in [2.24, 2.45) is 5.41 Å². The summed E-state index contributed by atoms with van der Waals surface area (Å²) in [7, 11) is 0. The summed E-state index contributed by atoms with van der Waals surface area (Å²) in [5, 5.41) is 0. The molecule has 1 amide bonds. The first-order valence-corrected chi connectivity index (χ1v) is 11.2. The standard InChI is InChI=1S/C26H29N3O4/c1-16-21(17-5-6-22-18(9-17)15-32-25(31)28(22)4)12-27-13-23(16)33-20-10-19(11-20)29-8-7-26(2,3)24(29)14-30/h5-6,9,12-13,19-20H,7-8,10-11,15H2,1-4H3/i4D3. The summed E-state index contributed by atoms with van der Waals surface area (Å²) in [5.74, 6) is 2.86. The Labute approximate surface area is 198 Å². The van der Waals surface area contributed by atoms with Crippen molar-refractivity contribution in [1.82, 2.24) is 9.88 Å². The minimum atomic E-state index is -2.63. The molecule has 5 rings (SSSR count). The van der Waals surface area contributed by atoms with Crippen LogP contribution in [-0.4, -0.2) is 47.6 Å². The third kappa shape index (κ3) is 3.66. The molecule has 1 aromatic carbocycles. The van der Waals surface area contributed by atoms with E-state index in [2.05, 4.69) is 29.7 Å². The first kappa shape index (κ1) is 18.2. The fourth-order valence-electron chi connectivity index (χ4n) is 4.95. The number of rotatable bonds is 4. The van der Waals surface area contributed by atoms with Crippen LogP contribution >= 0.6 is 0 Å². The van der Waals surface area contributed by atoms with Crippen molar-refractivity contribution < 1.29 is 23.2 Å². The number of carbonyl (C=O) groups is 1. The van der Waals surface area contributed by atoms with Crippen LogP contribution in [0.2, 0.25) is 0 Å². The quantitative estimate of drug-likeness (QED) is 0.639. The molecule has 2 aromatic rings. The minimum Gasteiger partial charge on any atom is -0.488 e. The molecule has 1 aromatic heterocycles. The molecule has 172 valence electrons. The maximum absolute atomic E-state index is 12.1. The molecule has 7 heteroatoms. The summed E-state index contributed by atoms with van der Waals surface area (Å²) in [6, 6.07) is 5.53. The molecule has 1 saturated heterocycles. The average molecular weight is 451 g/mol. The molecule has 0 bridgehead atoms. The number of nitrogens with zero attached hydrogens (tertiary/aromatic N) is 3. The lowest BCUT2D eigenvalue weighted by Crippen LogP contribution is -2.48. The highest BCUT2D eigenvalue weighted by Gasteiger charge is 2.44. The highest BCUT2D eigenvalue weighted by atomic mass is 16.6. The Morgan fingerprint density at radius 1 is 1.30 bits per heavy atom. The number of anilines is 1. The molecule has 7 nitrogen and oxygen atoms in total. The van der Waals surface area contributed by atoms with E-state index in [9.17, 15) is 9.59 Å². The summed E-state index contributed by atoms with van der Waals surface area (Å²) < 4.78 is 34.4. The van der Waals surface area contributed by atoms with Crippen molar-refractivity contribution in [2.75, 3.05) is 18.4 Å². The number of amides is 1. The van der Waals surface area contributed by atoms with E-state index < -0.39 is 13.1 Å². The van der Waals surface area contributed by atoms with E-state index in [1.165, 1.54) is 0 Å². The summed E-state index contributed by atoms with van der Waals surface area (Å²) in [6.07, 6.45) is 5.23. The zero-order valence-electron chi connectivity index (χ0n) is 22.1. The Hall–Kier alpha value is -3.31. The van der Waals surface area contributed by atoms with Gasteiger partial charge in [0.15, 0.2) is 0 Å². The zero-order chi connectivity index (χ0) is 25.8. The summed E-state index contributed by atoms with van der Waals surface area (Å²) in [6.45, 7) is 4.39. The van der Waals surface area contributed by atoms with Crippen LogP contribution in [-0.2, 0) is 16.1 Å². The van der Waals surface area contributed by atoms with Gasteiger partial charge in [0.25, 0.3) is 0 Å². The Morgan fingerprint density at radius 2 is 2.12 bits per heavy atom. The predicted octanol–water partition coefficient (Wildman–Crippen LogP) is 4.50. The van der Waals surface area contributed by atoms with Crippen LogP contribution < -0.4 is 9.64 Å². The molecule has 1 saturated carbocycles. The van der Waals surface area contributed by atoms with Crippen LogP contribution in [0.25, 0.3) is 11.1 Å². The lowest BCUT2D eigenvalue weighted by molar-refractivity contribution is 0.0378. The third-order valence-corrected chi connectivity index (χ3v) is 7.14. The number of hydrogen-bond donors (Lipinski definition) is 0. The molecule has 0 spiro atoms. The Bertz CT molecular complexity index is 1260. The molecular formula is C26H29N3O4. The number of aromatic nitrogens is 1. The molecular weight excluding hydrogens is 418 g/mol. The SMILES string of the molecule is [2H]C([2H])([2H])N1C(=O)OCc2cc(-c3cncc(OC4CC(N5CCC(C)(C)C5=C=O)C4)c3C)ccc21. The van der Waals surface area contributed by atoms with Crippen LogP contribution in [0.1, 0.15) is 48.3 Å². The monoisotopic (exact) mass is 450 g/mol. The Morgan fingerprint density at radius 3 is 2.88 bits per heavy atom. The van der Waals surface area contributed by atoms with Crippen LogP contribution in [0.15, 0.2) is 36.3 Å². The van der Waals surface area contributed by atoms with Gasteiger partial charge in [0.2, 0.25) is 0 Å². The second-order valence-electron chi connectivity index (χ2n) is 9.69. The van der Waals surface area contributed by atoms with Gasteiger partial charge in [0.1, 0.15) is 30.1 Å². The van der Waals surface area contributed by atoms with Crippen LogP contribution in [0.3, 0.4) is 0 Å². The number of hydrogen-bond acceptors (Lipinski definition) is 6. The molecule has 33 heavy (non-hydrogen) atoms. The fourth-order valence-corrected chi connectivity index (χ4v) is 4.95. The average Bonchev–Trinajstić information content (AvgIpc) is 3.09. The minimum absolute atomic E-state index is 0.00520. The topological polar surface area (TPSA) is 72.0 Å². The summed E-state index contributed by atoms with van der Waals surface area (Å²) in [5.41, 5.74) is 4.18. The van der Waals surface area contributed by atoms with Gasteiger partial charge in [0.05, 0.1) is 11.9 Å². The molecule has 2 fully saturated rings. The smallest absolute Gasteiger partial charge is 0.414 e. The van der Waals surface area contributed by atoms with E-state index in [1.807, 2.05) is 13.0 Å². The van der Waals surface area contributed by atoms with Gasteiger partial charge in [-0.25, -0.2) is 9.59 Å². The van der Waals surface area contributed by atoms with Crippen LogP contribution in [0.5, 0.6) is 5.75 Å². The largest absolute Gasteiger partial charge is 0.488 e. The van der Waals surface area contributed by atoms with Crippen molar-refractivity contribution in [1.29, 1.82) is 0 Å². The maximum atomic E-state index is 12.1. The molecule has 3 heterocycles. The number of allylic oxidation sites excluding steroid dienone is 1. The lowest BCUT2D eigenvalue weighted by Gasteiger charge is -2.42. The van der Waals surface area contributed by atoms with E-state index in [1.54, 1.807) is 24.5 Å². The summed E-state index contributed by atoms with van der Waals surface area (Å²) in [4.78, 5) is 30.9. The van der Waals surface area contributed by atoms with Crippen molar-refractivity contribution in [2.45, 2.75) is 58.8 Å². The highest BCUT2D eigenvalue weighted by Crippen LogP contribution is 2.44. The van der Waals surface area contributed by atoms with E-state index in [0.29, 0.717) is 21.9 Å². The number of pyridine rings is 1.